The Balaban J connectivity index is 1.37. The van der Waals surface area contributed by atoms with E-state index in [0.717, 1.165) is 44.3 Å². The topological polar surface area (TPSA) is 62.2 Å². The molecule has 2 saturated heterocycles. The second-order valence-electron chi connectivity index (χ2n) is 7.45. The quantitative estimate of drug-likeness (QED) is 0.615. The van der Waals surface area contributed by atoms with E-state index in [0.29, 0.717) is 18.5 Å². The van der Waals surface area contributed by atoms with Crippen LogP contribution in [0.1, 0.15) is 11.1 Å². The highest BCUT2D eigenvalue weighted by atomic mass is 16.5. The zero-order chi connectivity index (χ0) is 20.1. The number of aromatic nitrogens is 1. The van der Waals surface area contributed by atoms with Crippen LogP contribution in [0.25, 0.3) is 0 Å². The Kier molecular flexibility index (Phi) is 6.27. The molecule has 4 rings (SSSR count). The van der Waals surface area contributed by atoms with Crippen molar-refractivity contribution in [2.45, 2.75) is 25.2 Å². The van der Waals surface area contributed by atoms with E-state index < -0.39 is 0 Å². The van der Waals surface area contributed by atoms with Gasteiger partial charge in [0.05, 0.1) is 25.9 Å². The van der Waals surface area contributed by atoms with Gasteiger partial charge >= 0.3 is 0 Å². The monoisotopic (exact) mass is 395 g/mol. The lowest BCUT2D eigenvalue weighted by Gasteiger charge is -2.36. The molecular weight excluding hydrogens is 366 g/mol. The lowest BCUT2D eigenvalue weighted by Crippen LogP contribution is -2.50. The highest BCUT2D eigenvalue weighted by molar-refractivity contribution is 5.80. The smallest absolute Gasteiger partial charge is 0.212 e. The molecule has 0 amide bonds. The summed E-state index contributed by atoms with van der Waals surface area (Å²) in [6.07, 6.45) is 2.04. The van der Waals surface area contributed by atoms with E-state index in [1.165, 1.54) is 5.56 Å². The Morgan fingerprint density at radius 1 is 1.21 bits per heavy atom. The van der Waals surface area contributed by atoms with Crippen LogP contribution in [0, 0.1) is 0 Å². The maximum atomic E-state index is 6.09. The van der Waals surface area contributed by atoms with Gasteiger partial charge in [-0.1, -0.05) is 36.4 Å². The van der Waals surface area contributed by atoms with Crippen LogP contribution in [-0.2, 0) is 17.8 Å². The first-order chi connectivity index (χ1) is 14.3. The fourth-order valence-corrected chi connectivity index (χ4v) is 4.10. The molecule has 2 fully saturated rings. The van der Waals surface area contributed by atoms with E-state index >= 15 is 0 Å². The predicted octanol–water partition coefficient (Wildman–Crippen LogP) is 1.75. The molecule has 154 valence electrons. The first-order valence-electron chi connectivity index (χ1n) is 10.1. The molecule has 2 atom stereocenters. The molecule has 2 unspecified atom stereocenters. The van der Waals surface area contributed by atoms with E-state index in [1.54, 1.807) is 7.11 Å². The van der Waals surface area contributed by atoms with Crippen LogP contribution in [0.2, 0.25) is 0 Å². The number of nitrogens with zero attached hydrogens (tertiary/aromatic N) is 4. The molecule has 0 aliphatic carbocycles. The standard InChI is InChI=1S/C22H29N5O2/c1-23-22(25-13-18-8-9-21(28-2)24-12-18)27-15-19-20(16-27)29-11-10-26(19)14-17-6-4-3-5-7-17/h3-9,12,19-20H,10-11,13-16H2,1-2H3,(H,23,25). The van der Waals surface area contributed by atoms with Gasteiger partial charge in [0, 0.05) is 52.0 Å². The highest BCUT2D eigenvalue weighted by Gasteiger charge is 2.41. The maximum Gasteiger partial charge on any atom is 0.212 e. The average Bonchev–Trinajstić information content (AvgIpc) is 3.20. The van der Waals surface area contributed by atoms with Crippen molar-refractivity contribution in [3.63, 3.8) is 0 Å². The molecule has 1 N–H and O–H groups in total. The van der Waals surface area contributed by atoms with Crippen molar-refractivity contribution in [3.8, 4) is 5.88 Å². The third-order valence-corrected chi connectivity index (χ3v) is 5.61. The number of aliphatic imine (C=N–C) groups is 1. The van der Waals surface area contributed by atoms with Crippen LogP contribution < -0.4 is 10.1 Å². The number of morpholine rings is 1. The third kappa shape index (κ3) is 4.68. The second-order valence-corrected chi connectivity index (χ2v) is 7.45. The van der Waals surface area contributed by atoms with Gasteiger partial charge < -0.3 is 19.7 Å². The van der Waals surface area contributed by atoms with Crippen LogP contribution in [0.5, 0.6) is 5.88 Å². The minimum Gasteiger partial charge on any atom is -0.481 e. The molecule has 2 aliphatic rings. The number of benzene rings is 1. The zero-order valence-corrected chi connectivity index (χ0v) is 17.1. The molecule has 7 heteroatoms. The van der Waals surface area contributed by atoms with Crippen molar-refractivity contribution in [1.82, 2.24) is 20.1 Å². The Morgan fingerprint density at radius 2 is 2.07 bits per heavy atom. The first-order valence-corrected chi connectivity index (χ1v) is 10.1. The van der Waals surface area contributed by atoms with Crippen LogP contribution in [-0.4, -0.2) is 73.3 Å². The maximum absolute atomic E-state index is 6.09. The van der Waals surface area contributed by atoms with Crippen LogP contribution in [0.3, 0.4) is 0 Å². The van der Waals surface area contributed by atoms with E-state index in [2.05, 4.69) is 55.4 Å². The lowest BCUT2D eigenvalue weighted by atomic mass is 10.1. The number of ether oxygens (including phenoxy) is 2. The molecule has 0 bridgehead atoms. The molecule has 1 aromatic carbocycles. The Morgan fingerprint density at radius 3 is 2.79 bits per heavy atom. The number of rotatable bonds is 5. The summed E-state index contributed by atoms with van der Waals surface area (Å²) in [6, 6.07) is 14.9. The van der Waals surface area contributed by atoms with Gasteiger partial charge in [0.25, 0.3) is 0 Å². The second kappa shape index (κ2) is 9.24. The van der Waals surface area contributed by atoms with Crippen molar-refractivity contribution < 1.29 is 9.47 Å². The van der Waals surface area contributed by atoms with Crippen molar-refractivity contribution in [2.75, 3.05) is 40.4 Å². The molecule has 2 aliphatic heterocycles. The third-order valence-electron chi connectivity index (χ3n) is 5.61. The summed E-state index contributed by atoms with van der Waals surface area (Å²) in [7, 11) is 3.46. The van der Waals surface area contributed by atoms with Crippen molar-refractivity contribution in [1.29, 1.82) is 0 Å². The van der Waals surface area contributed by atoms with Crippen molar-refractivity contribution >= 4 is 5.96 Å². The molecule has 1 aromatic heterocycles. The van der Waals surface area contributed by atoms with E-state index in [-0.39, 0.29) is 6.10 Å². The summed E-state index contributed by atoms with van der Waals surface area (Å²) in [4.78, 5) is 13.6. The number of hydrogen-bond donors (Lipinski definition) is 1. The van der Waals surface area contributed by atoms with Gasteiger partial charge in [0.2, 0.25) is 5.88 Å². The zero-order valence-electron chi connectivity index (χ0n) is 17.1. The summed E-state index contributed by atoms with van der Waals surface area (Å²) < 4.78 is 11.2. The van der Waals surface area contributed by atoms with Gasteiger partial charge in [-0.25, -0.2) is 4.98 Å². The molecule has 29 heavy (non-hydrogen) atoms. The summed E-state index contributed by atoms with van der Waals surface area (Å²) in [5.74, 6) is 1.52. The lowest BCUT2D eigenvalue weighted by molar-refractivity contribution is -0.0502. The van der Waals surface area contributed by atoms with Gasteiger partial charge in [-0.15, -0.1) is 0 Å². The number of pyridine rings is 1. The molecule has 2 aromatic rings. The molecule has 0 saturated carbocycles. The Labute approximate surface area is 172 Å². The molecule has 0 spiro atoms. The molecule has 7 nitrogen and oxygen atoms in total. The minimum absolute atomic E-state index is 0.216. The summed E-state index contributed by atoms with van der Waals surface area (Å²) >= 11 is 0. The number of fused-ring (bicyclic) bond motifs is 1. The number of hydrogen-bond acceptors (Lipinski definition) is 5. The van der Waals surface area contributed by atoms with Crippen molar-refractivity contribution in [2.24, 2.45) is 4.99 Å². The van der Waals surface area contributed by atoms with Crippen LogP contribution >= 0.6 is 0 Å². The Bertz CT molecular complexity index is 812. The predicted molar refractivity (Wildman–Crippen MR) is 113 cm³/mol. The number of nitrogens with one attached hydrogen (secondary N) is 1. The molecule has 0 radical (unpaired) electrons. The van der Waals surface area contributed by atoms with E-state index in [4.69, 9.17) is 9.47 Å². The molecular formula is C22H29N5O2. The summed E-state index contributed by atoms with van der Waals surface area (Å²) in [5.41, 5.74) is 2.44. The van der Waals surface area contributed by atoms with Crippen LogP contribution in [0.4, 0.5) is 0 Å². The van der Waals surface area contributed by atoms with E-state index in [1.807, 2.05) is 25.4 Å². The van der Waals surface area contributed by atoms with Gasteiger partial charge in [-0.3, -0.25) is 9.89 Å². The Hall–Kier alpha value is -2.64. The number of likely N-dealkylation sites (tertiary alicyclic amines) is 1. The van der Waals surface area contributed by atoms with Crippen LogP contribution in [0.15, 0.2) is 53.7 Å². The van der Waals surface area contributed by atoms with Gasteiger partial charge in [-0.05, 0) is 11.1 Å². The first kappa shape index (κ1) is 19.7. The normalized spacial score (nSPS) is 22.4. The summed E-state index contributed by atoms with van der Waals surface area (Å²) in [6.45, 7) is 5.15. The van der Waals surface area contributed by atoms with Gasteiger partial charge in [0.15, 0.2) is 5.96 Å². The largest absolute Gasteiger partial charge is 0.481 e. The van der Waals surface area contributed by atoms with Crippen molar-refractivity contribution in [3.05, 3.63) is 59.8 Å². The van der Waals surface area contributed by atoms with Gasteiger partial charge in [0.1, 0.15) is 0 Å². The minimum atomic E-state index is 0.216. The number of methoxy groups -OCH3 is 1. The fraction of sp³-hybridized carbons (Fsp3) is 0.455. The fourth-order valence-electron chi connectivity index (χ4n) is 4.10. The SMILES string of the molecule is CN=C(NCc1ccc(OC)nc1)N1CC2OCCN(Cc3ccccc3)C2C1. The van der Waals surface area contributed by atoms with Gasteiger partial charge in [-0.2, -0.15) is 0 Å². The number of guanidine groups is 1. The molecule has 3 heterocycles. The average molecular weight is 396 g/mol. The van der Waals surface area contributed by atoms with E-state index in [9.17, 15) is 0 Å². The summed E-state index contributed by atoms with van der Waals surface area (Å²) in [5, 5.41) is 3.46. The highest BCUT2D eigenvalue weighted by Crippen LogP contribution is 2.24.